The second kappa shape index (κ2) is 18.1. The first kappa shape index (κ1) is 39.6. The normalized spacial score (nSPS) is 14.3. The Bertz CT molecular complexity index is 2400. The molecule has 7 rings (SSSR count). The summed E-state index contributed by atoms with van der Waals surface area (Å²) in [5, 5.41) is 20.5. The van der Waals surface area contributed by atoms with Crippen LogP contribution in [0.15, 0.2) is 142 Å². The fraction of sp³-hybridized carbons (Fsp3) is 0.240. The second-order valence-electron chi connectivity index (χ2n) is 14.3. The minimum atomic E-state index is 0.155. The van der Waals surface area contributed by atoms with Gasteiger partial charge in [-0.3, -0.25) is 0 Å². The van der Waals surface area contributed by atoms with Gasteiger partial charge in [-0.05, 0) is 145 Å². The molecule has 1 aliphatic rings. The Kier molecular flexibility index (Phi) is 12.6. The average molecular weight is 787 g/mol. The summed E-state index contributed by atoms with van der Waals surface area (Å²) in [6.45, 7) is 10.7. The van der Waals surface area contributed by atoms with Crippen LogP contribution in [0.2, 0.25) is 0 Å². The molecule has 6 aromatic carbocycles. The molecule has 0 fully saturated rings. The Balaban J connectivity index is 0.991. The molecule has 0 saturated carbocycles. The summed E-state index contributed by atoms with van der Waals surface area (Å²) in [5.74, 6) is 3.97. The first-order chi connectivity index (χ1) is 27.8. The summed E-state index contributed by atoms with van der Waals surface area (Å²) in [7, 11) is 0. The van der Waals surface area contributed by atoms with E-state index in [-0.39, 0.29) is 17.3 Å². The van der Waals surface area contributed by atoms with E-state index < -0.39 is 0 Å². The van der Waals surface area contributed by atoms with E-state index in [0.717, 1.165) is 62.8 Å². The smallest absolute Gasteiger partial charge is 0.145 e. The zero-order chi connectivity index (χ0) is 39.9. The molecule has 0 aromatic heterocycles. The fourth-order valence-corrected chi connectivity index (χ4v) is 9.45. The molecule has 0 bridgehead atoms. The Morgan fingerprint density at radius 1 is 0.614 bits per heavy atom. The summed E-state index contributed by atoms with van der Waals surface area (Å²) in [5.41, 5.74) is 7.22. The van der Waals surface area contributed by atoms with Gasteiger partial charge in [-0.2, -0.15) is 10.5 Å². The maximum Gasteiger partial charge on any atom is 0.145 e. The zero-order valence-electron chi connectivity index (χ0n) is 33.0. The van der Waals surface area contributed by atoms with Crippen molar-refractivity contribution in [2.24, 2.45) is 0 Å². The molecular formula is C50H46N2O3S2. The van der Waals surface area contributed by atoms with Gasteiger partial charge in [0.25, 0.3) is 0 Å². The maximum atomic E-state index is 10.5. The molecule has 0 amide bonds. The maximum absolute atomic E-state index is 10.5. The minimum Gasteiger partial charge on any atom is -0.491 e. The number of ether oxygens (including phenoxy) is 3. The number of hydrogen-bond acceptors (Lipinski definition) is 7. The predicted octanol–water partition coefficient (Wildman–Crippen LogP) is 14.5. The van der Waals surface area contributed by atoms with Gasteiger partial charge in [0.15, 0.2) is 0 Å². The number of benzene rings is 6. The van der Waals surface area contributed by atoms with E-state index in [1.54, 1.807) is 11.8 Å². The first-order valence-corrected chi connectivity index (χ1v) is 21.4. The van der Waals surface area contributed by atoms with Gasteiger partial charge in [-0.25, -0.2) is 0 Å². The van der Waals surface area contributed by atoms with Gasteiger partial charge in [0, 0.05) is 25.9 Å². The van der Waals surface area contributed by atoms with Gasteiger partial charge >= 0.3 is 0 Å². The van der Waals surface area contributed by atoms with Crippen LogP contribution < -0.4 is 14.2 Å². The van der Waals surface area contributed by atoms with Crippen molar-refractivity contribution in [1.82, 2.24) is 0 Å². The van der Waals surface area contributed by atoms with Crippen LogP contribution in [0.3, 0.4) is 0 Å². The van der Waals surface area contributed by atoms with Crippen LogP contribution in [0, 0.1) is 22.7 Å². The summed E-state index contributed by atoms with van der Waals surface area (Å²) in [4.78, 5) is 3.34. The lowest BCUT2D eigenvalue weighted by Crippen LogP contribution is -2.15. The molecule has 0 spiro atoms. The zero-order valence-corrected chi connectivity index (χ0v) is 34.6. The molecule has 286 valence electrons. The number of hydrogen-bond donors (Lipinski definition) is 0. The Hall–Kier alpha value is -5.60. The molecule has 7 heteroatoms. The van der Waals surface area contributed by atoms with Crippen molar-refractivity contribution in [1.29, 1.82) is 10.5 Å². The monoisotopic (exact) mass is 786 g/mol. The molecule has 1 aliphatic carbocycles. The SMILES string of the molecule is CCC(C)Oc1ccc(Oc2ccc(Oc3cccc(C(CC)C(CC)Sc4ccc(-c5ccc(Sc6ccc7c(c6C#N)C7C)cc5)cc4)c3C#N)cc2)cc1. The van der Waals surface area contributed by atoms with Crippen molar-refractivity contribution in [2.75, 3.05) is 0 Å². The Morgan fingerprint density at radius 3 is 1.75 bits per heavy atom. The number of nitriles is 2. The highest BCUT2D eigenvalue weighted by atomic mass is 32.2. The van der Waals surface area contributed by atoms with Crippen LogP contribution in [-0.4, -0.2) is 11.4 Å². The third-order valence-electron chi connectivity index (χ3n) is 10.6. The molecule has 4 atom stereocenters. The number of rotatable bonds is 16. The van der Waals surface area contributed by atoms with Gasteiger partial charge in [-0.1, -0.05) is 81.9 Å². The van der Waals surface area contributed by atoms with Gasteiger partial charge < -0.3 is 14.2 Å². The first-order valence-electron chi connectivity index (χ1n) is 19.7. The van der Waals surface area contributed by atoms with Gasteiger partial charge in [-0.15, -0.1) is 11.8 Å². The third kappa shape index (κ3) is 9.18. The van der Waals surface area contributed by atoms with Crippen molar-refractivity contribution in [2.45, 2.75) is 91.8 Å². The molecule has 0 N–H and O–H groups in total. The molecule has 0 aliphatic heterocycles. The molecule has 57 heavy (non-hydrogen) atoms. The quantitative estimate of drug-likeness (QED) is 0.0904. The topological polar surface area (TPSA) is 75.3 Å². The number of thioether (sulfide) groups is 1. The Labute approximate surface area is 345 Å². The number of nitrogens with zero attached hydrogens (tertiary/aromatic N) is 2. The standard InChI is InChI=1S/C50H46N2O3S2/c1-6-32(4)53-36-16-18-37(19-17-36)54-38-20-22-39(23-21-38)55-47-11-9-10-44(45(47)30-51)42(7-2)48(8-3)56-40-24-12-34(13-25-40)35-14-26-41(27-15-35)57-49-29-28-43-33(5)50(43)46(49)31-52/h9-29,32-33,42,48H,6-8H2,1-5H3. The molecule has 0 heterocycles. The second-order valence-corrected chi connectivity index (χ2v) is 16.7. The lowest BCUT2D eigenvalue weighted by Gasteiger charge is -2.27. The minimum absolute atomic E-state index is 0.155. The van der Waals surface area contributed by atoms with Crippen molar-refractivity contribution in [3.63, 3.8) is 0 Å². The highest BCUT2D eigenvalue weighted by Gasteiger charge is 2.33. The Morgan fingerprint density at radius 2 is 1.19 bits per heavy atom. The molecule has 6 aromatic rings. The van der Waals surface area contributed by atoms with Crippen LogP contribution >= 0.6 is 23.5 Å². The third-order valence-corrected chi connectivity index (χ3v) is 13.2. The molecular weight excluding hydrogens is 741 g/mol. The van der Waals surface area contributed by atoms with Crippen molar-refractivity contribution in [3.05, 3.63) is 155 Å². The van der Waals surface area contributed by atoms with Crippen LogP contribution in [-0.2, 0) is 0 Å². The largest absolute Gasteiger partial charge is 0.491 e. The molecule has 4 unspecified atom stereocenters. The lowest BCUT2D eigenvalue weighted by molar-refractivity contribution is 0.217. The van der Waals surface area contributed by atoms with E-state index in [2.05, 4.69) is 113 Å². The molecule has 0 radical (unpaired) electrons. The molecule has 5 nitrogen and oxygen atoms in total. The lowest BCUT2D eigenvalue weighted by atomic mass is 9.88. The predicted molar refractivity (Wildman–Crippen MR) is 232 cm³/mol. The van der Waals surface area contributed by atoms with Crippen LogP contribution in [0.5, 0.6) is 28.7 Å². The molecule has 0 saturated heterocycles. The van der Waals surface area contributed by atoms with E-state index in [4.69, 9.17) is 14.2 Å². The summed E-state index contributed by atoms with van der Waals surface area (Å²) in [6, 6.07) is 47.5. The summed E-state index contributed by atoms with van der Waals surface area (Å²) >= 11 is 3.52. The van der Waals surface area contributed by atoms with Crippen LogP contribution in [0.1, 0.15) is 93.5 Å². The van der Waals surface area contributed by atoms with E-state index in [1.807, 2.05) is 72.4 Å². The van der Waals surface area contributed by atoms with E-state index in [0.29, 0.717) is 28.7 Å². The van der Waals surface area contributed by atoms with Gasteiger partial charge in [0.2, 0.25) is 0 Å². The summed E-state index contributed by atoms with van der Waals surface area (Å²) in [6.07, 6.45) is 2.95. The van der Waals surface area contributed by atoms with E-state index in [1.165, 1.54) is 16.0 Å². The van der Waals surface area contributed by atoms with Gasteiger partial charge in [0.05, 0.1) is 17.2 Å². The van der Waals surface area contributed by atoms with E-state index in [9.17, 15) is 10.5 Å². The number of fused-ring (bicyclic) bond motifs is 1. The van der Waals surface area contributed by atoms with Crippen molar-refractivity contribution >= 4 is 23.5 Å². The van der Waals surface area contributed by atoms with Crippen LogP contribution in [0.25, 0.3) is 11.1 Å². The highest BCUT2D eigenvalue weighted by Crippen LogP contribution is 2.49. The summed E-state index contributed by atoms with van der Waals surface area (Å²) < 4.78 is 18.3. The van der Waals surface area contributed by atoms with Gasteiger partial charge in [0.1, 0.15) is 40.9 Å². The van der Waals surface area contributed by atoms with Crippen molar-refractivity contribution in [3.8, 4) is 52.0 Å². The van der Waals surface area contributed by atoms with Crippen LogP contribution in [0.4, 0.5) is 0 Å². The highest BCUT2D eigenvalue weighted by molar-refractivity contribution is 8.00. The van der Waals surface area contributed by atoms with E-state index >= 15 is 0 Å². The average Bonchev–Trinajstić information content (AvgIpc) is 3.91. The fourth-order valence-electron chi connectivity index (χ4n) is 7.21. The van der Waals surface area contributed by atoms with Crippen molar-refractivity contribution < 1.29 is 14.2 Å².